The monoisotopic (exact) mass is 251 g/mol. The van der Waals surface area contributed by atoms with Crippen LogP contribution in [-0.2, 0) is 5.75 Å². The Labute approximate surface area is 110 Å². The molecule has 17 heavy (non-hydrogen) atoms. The van der Waals surface area contributed by atoms with Gasteiger partial charge in [0.2, 0.25) is 0 Å². The fraction of sp³-hybridized carbons (Fsp3) is 0.600. The molecule has 0 radical (unpaired) electrons. The minimum absolute atomic E-state index is 0.346. The van der Waals surface area contributed by atoms with Crippen molar-refractivity contribution in [2.75, 3.05) is 0 Å². The van der Waals surface area contributed by atoms with Crippen molar-refractivity contribution in [2.24, 2.45) is 5.73 Å². The summed E-state index contributed by atoms with van der Waals surface area (Å²) in [5.41, 5.74) is 9.05. The summed E-state index contributed by atoms with van der Waals surface area (Å²) in [6.07, 6.45) is 3.49. The number of hydrogen-bond acceptors (Lipinski definition) is 2. The van der Waals surface area contributed by atoms with E-state index in [0.717, 1.165) is 18.6 Å². The van der Waals surface area contributed by atoms with Crippen LogP contribution in [0.5, 0.6) is 0 Å². The molecule has 96 valence electrons. The van der Waals surface area contributed by atoms with Crippen LogP contribution < -0.4 is 5.73 Å². The molecule has 2 heteroatoms. The Balaban J connectivity index is 2.50. The average molecular weight is 251 g/mol. The molecule has 0 aliphatic heterocycles. The summed E-state index contributed by atoms with van der Waals surface area (Å²) in [5, 5.41) is 0.592. The zero-order valence-electron chi connectivity index (χ0n) is 11.3. The van der Waals surface area contributed by atoms with Crippen LogP contribution in [0.1, 0.15) is 44.2 Å². The summed E-state index contributed by atoms with van der Waals surface area (Å²) in [4.78, 5) is 0. The number of benzene rings is 1. The van der Waals surface area contributed by atoms with Crippen LogP contribution in [0.4, 0.5) is 0 Å². The van der Waals surface area contributed by atoms with E-state index in [-0.39, 0.29) is 0 Å². The smallest absolute Gasteiger partial charge is 0.0199 e. The van der Waals surface area contributed by atoms with Crippen LogP contribution in [0.3, 0.4) is 0 Å². The molecule has 0 bridgehead atoms. The molecule has 0 fully saturated rings. The Kier molecular flexibility index (Phi) is 6.68. The molecule has 1 aromatic carbocycles. The van der Waals surface area contributed by atoms with E-state index in [4.69, 9.17) is 5.73 Å². The topological polar surface area (TPSA) is 26.0 Å². The third-order valence-electron chi connectivity index (χ3n) is 3.22. The molecule has 0 spiro atoms. The fourth-order valence-electron chi connectivity index (χ4n) is 2.03. The first kappa shape index (κ1) is 14.6. The van der Waals surface area contributed by atoms with Gasteiger partial charge in [-0.3, -0.25) is 0 Å². The molecule has 2 unspecified atom stereocenters. The van der Waals surface area contributed by atoms with Crippen LogP contribution in [0.2, 0.25) is 0 Å². The van der Waals surface area contributed by atoms with E-state index in [0.29, 0.717) is 11.3 Å². The van der Waals surface area contributed by atoms with Crippen molar-refractivity contribution >= 4 is 11.8 Å². The first-order chi connectivity index (χ1) is 8.19. The Morgan fingerprint density at radius 3 is 2.53 bits per heavy atom. The normalized spacial score (nSPS) is 14.6. The number of hydrogen-bond donors (Lipinski definition) is 1. The quantitative estimate of drug-likeness (QED) is 0.788. The van der Waals surface area contributed by atoms with Crippen molar-refractivity contribution < 1.29 is 0 Å². The van der Waals surface area contributed by atoms with Crippen molar-refractivity contribution in [3.63, 3.8) is 0 Å². The van der Waals surface area contributed by atoms with Gasteiger partial charge in [-0.25, -0.2) is 0 Å². The van der Waals surface area contributed by atoms with E-state index in [1.165, 1.54) is 17.5 Å². The van der Waals surface area contributed by atoms with Crippen LogP contribution in [0.25, 0.3) is 0 Å². The lowest BCUT2D eigenvalue weighted by atomic mass is 10.1. The molecule has 1 aromatic rings. The van der Waals surface area contributed by atoms with Gasteiger partial charge in [-0.2, -0.15) is 11.8 Å². The van der Waals surface area contributed by atoms with Gasteiger partial charge in [-0.05, 0) is 30.9 Å². The second kappa shape index (κ2) is 7.78. The van der Waals surface area contributed by atoms with Gasteiger partial charge in [0.05, 0.1) is 0 Å². The van der Waals surface area contributed by atoms with Crippen molar-refractivity contribution in [3.8, 4) is 0 Å². The van der Waals surface area contributed by atoms with Crippen molar-refractivity contribution in [1.82, 2.24) is 0 Å². The standard InChI is InChI=1S/C15H25NS/c1-4-8-14(16)15(5-2)17-11-13-10-7-6-9-12(13)3/h6-7,9-10,14-15H,4-5,8,11,16H2,1-3H3. The maximum absolute atomic E-state index is 6.22. The average Bonchev–Trinajstić information content (AvgIpc) is 2.32. The van der Waals surface area contributed by atoms with Gasteiger partial charge < -0.3 is 5.73 Å². The van der Waals surface area contributed by atoms with Gasteiger partial charge in [0.1, 0.15) is 0 Å². The fourth-order valence-corrected chi connectivity index (χ4v) is 3.37. The van der Waals surface area contributed by atoms with E-state index < -0.39 is 0 Å². The molecule has 0 saturated carbocycles. The Hall–Kier alpha value is -0.470. The van der Waals surface area contributed by atoms with Crippen LogP contribution in [0.15, 0.2) is 24.3 Å². The number of rotatable bonds is 7. The van der Waals surface area contributed by atoms with Crippen molar-refractivity contribution in [3.05, 3.63) is 35.4 Å². The van der Waals surface area contributed by atoms with E-state index >= 15 is 0 Å². The van der Waals surface area contributed by atoms with Gasteiger partial charge in [0, 0.05) is 17.0 Å². The first-order valence-corrected chi connectivity index (χ1v) is 7.65. The molecule has 1 nitrogen and oxygen atoms in total. The number of nitrogens with two attached hydrogens (primary N) is 1. The van der Waals surface area contributed by atoms with Gasteiger partial charge in [-0.1, -0.05) is 44.5 Å². The van der Waals surface area contributed by atoms with Gasteiger partial charge in [0.15, 0.2) is 0 Å². The summed E-state index contributed by atoms with van der Waals surface area (Å²) in [5.74, 6) is 1.09. The highest BCUT2D eigenvalue weighted by Crippen LogP contribution is 2.25. The molecule has 1 rings (SSSR count). The molecule has 0 aliphatic carbocycles. The van der Waals surface area contributed by atoms with Gasteiger partial charge in [-0.15, -0.1) is 0 Å². The Bertz CT molecular complexity index is 324. The van der Waals surface area contributed by atoms with E-state index in [1.807, 2.05) is 11.8 Å². The number of thioether (sulfide) groups is 1. The lowest BCUT2D eigenvalue weighted by Gasteiger charge is -2.22. The van der Waals surface area contributed by atoms with E-state index in [2.05, 4.69) is 45.0 Å². The number of aryl methyl sites for hydroxylation is 1. The van der Waals surface area contributed by atoms with Crippen LogP contribution >= 0.6 is 11.8 Å². The highest BCUT2D eigenvalue weighted by atomic mass is 32.2. The maximum atomic E-state index is 6.22. The molecule has 2 N–H and O–H groups in total. The molecular weight excluding hydrogens is 226 g/mol. The highest BCUT2D eigenvalue weighted by molar-refractivity contribution is 7.99. The summed E-state index contributed by atoms with van der Waals surface area (Å²) < 4.78 is 0. The second-order valence-electron chi connectivity index (χ2n) is 4.64. The second-order valence-corrected chi connectivity index (χ2v) is 5.86. The zero-order valence-corrected chi connectivity index (χ0v) is 12.1. The maximum Gasteiger partial charge on any atom is 0.0199 e. The first-order valence-electron chi connectivity index (χ1n) is 6.60. The van der Waals surface area contributed by atoms with E-state index in [9.17, 15) is 0 Å². The molecule has 0 heterocycles. The van der Waals surface area contributed by atoms with Crippen molar-refractivity contribution in [2.45, 2.75) is 57.1 Å². The lowest BCUT2D eigenvalue weighted by Crippen LogP contribution is -2.31. The van der Waals surface area contributed by atoms with Gasteiger partial charge in [0.25, 0.3) is 0 Å². The van der Waals surface area contributed by atoms with Crippen LogP contribution in [-0.4, -0.2) is 11.3 Å². The summed E-state index contributed by atoms with van der Waals surface area (Å²) >= 11 is 2.01. The molecular formula is C15H25NS. The van der Waals surface area contributed by atoms with E-state index in [1.54, 1.807) is 0 Å². The predicted molar refractivity (Wildman–Crippen MR) is 79.4 cm³/mol. The zero-order chi connectivity index (χ0) is 12.7. The molecule has 2 atom stereocenters. The molecule has 0 aromatic heterocycles. The summed E-state index contributed by atoms with van der Waals surface area (Å²) in [6, 6.07) is 8.97. The molecule has 0 amide bonds. The summed E-state index contributed by atoms with van der Waals surface area (Å²) in [7, 11) is 0. The van der Waals surface area contributed by atoms with Gasteiger partial charge >= 0.3 is 0 Å². The minimum atomic E-state index is 0.346. The van der Waals surface area contributed by atoms with Crippen LogP contribution in [0, 0.1) is 6.92 Å². The molecule has 0 aliphatic rings. The van der Waals surface area contributed by atoms with Crippen molar-refractivity contribution in [1.29, 1.82) is 0 Å². The third kappa shape index (κ3) is 4.72. The molecule has 0 saturated heterocycles. The SMILES string of the molecule is CCCC(N)C(CC)SCc1ccccc1C. The summed E-state index contributed by atoms with van der Waals surface area (Å²) in [6.45, 7) is 6.63. The highest BCUT2D eigenvalue weighted by Gasteiger charge is 2.15. The Morgan fingerprint density at radius 2 is 1.94 bits per heavy atom. The lowest BCUT2D eigenvalue weighted by molar-refractivity contribution is 0.566. The largest absolute Gasteiger partial charge is 0.327 e. The predicted octanol–water partition coefficient (Wildman–Crippen LogP) is 4.13. The minimum Gasteiger partial charge on any atom is -0.327 e. The third-order valence-corrected chi connectivity index (χ3v) is 4.80. The Morgan fingerprint density at radius 1 is 1.24 bits per heavy atom.